The van der Waals surface area contributed by atoms with E-state index in [0.29, 0.717) is 32.8 Å². The molecule has 1 saturated heterocycles. The van der Waals surface area contributed by atoms with Gasteiger partial charge < -0.3 is 25.0 Å². The second kappa shape index (κ2) is 9.60. The highest BCUT2D eigenvalue weighted by Crippen LogP contribution is 2.15. The molecule has 0 bridgehead atoms. The molecule has 7 heteroatoms. The van der Waals surface area contributed by atoms with E-state index in [9.17, 15) is 4.79 Å². The van der Waals surface area contributed by atoms with Gasteiger partial charge in [-0.1, -0.05) is 24.3 Å². The van der Waals surface area contributed by atoms with Crippen molar-refractivity contribution in [1.29, 1.82) is 0 Å². The summed E-state index contributed by atoms with van der Waals surface area (Å²) in [6, 6.07) is 8.37. The van der Waals surface area contributed by atoms with Crippen LogP contribution >= 0.6 is 0 Å². The molecule has 2 rings (SSSR count). The molecule has 1 aromatic carbocycles. The Morgan fingerprint density at radius 1 is 1.26 bits per heavy atom. The lowest BCUT2D eigenvalue weighted by Gasteiger charge is -2.40. The molecule has 1 fully saturated rings. The van der Waals surface area contributed by atoms with E-state index < -0.39 is 5.60 Å². The van der Waals surface area contributed by atoms with Crippen molar-refractivity contribution in [3.05, 3.63) is 35.4 Å². The summed E-state index contributed by atoms with van der Waals surface area (Å²) >= 11 is 0. The maximum Gasteiger partial charge on any atom is 0.410 e. The van der Waals surface area contributed by atoms with E-state index in [1.54, 1.807) is 11.9 Å². The lowest BCUT2D eigenvalue weighted by molar-refractivity contribution is 0.00701. The van der Waals surface area contributed by atoms with Gasteiger partial charge in [0.15, 0.2) is 5.96 Å². The minimum Gasteiger partial charge on any atom is -0.444 e. The number of aliphatic imine (C=N–C) groups is 1. The average Bonchev–Trinajstić information content (AvgIpc) is 2.57. The molecule has 0 atom stereocenters. The summed E-state index contributed by atoms with van der Waals surface area (Å²) in [4.78, 5) is 18.0. The summed E-state index contributed by atoms with van der Waals surface area (Å²) in [5.74, 6) is 0.718. The molecule has 0 saturated carbocycles. The topological polar surface area (TPSA) is 75.2 Å². The number of rotatable bonds is 6. The molecule has 1 aromatic rings. The first-order valence-electron chi connectivity index (χ1n) is 9.42. The van der Waals surface area contributed by atoms with Crippen LogP contribution in [0.2, 0.25) is 0 Å². The molecule has 7 nitrogen and oxygen atoms in total. The predicted octanol–water partition coefficient (Wildman–Crippen LogP) is 2.51. The number of nitrogens with zero attached hydrogens (tertiary/aromatic N) is 2. The molecule has 1 aliphatic rings. The zero-order chi connectivity index (χ0) is 19.9. The largest absolute Gasteiger partial charge is 0.444 e. The van der Waals surface area contributed by atoms with E-state index in [2.05, 4.69) is 27.8 Å². The van der Waals surface area contributed by atoms with Gasteiger partial charge >= 0.3 is 6.09 Å². The summed E-state index contributed by atoms with van der Waals surface area (Å²) in [7, 11) is 1.74. The van der Waals surface area contributed by atoms with Crippen LogP contribution in [0, 0.1) is 0 Å². The first kappa shape index (κ1) is 21.0. The van der Waals surface area contributed by atoms with Gasteiger partial charge in [0.1, 0.15) is 5.60 Å². The van der Waals surface area contributed by atoms with Crippen molar-refractivity contribution in [3.8, 4) is 0 Å². The SMILES string of the molecule is CCOCc1ccccc1CNC(=NC)NC1CN(C(=O)OC(C)(C)C)C1. The van der Waals surface area contributed by atoms with Gasteiger partial charge in [0.25, 0.3) is 0 Å². The third-order valence-corrected chi connectivity index (χ3v) is 4.12. The predicted molar refractivity (Wildman–Crippen MR) is 107 cm³/mol. The van der Waals surface area contributed by atoms with Gasteiger partial charge in [-0.3, -0.25) is 4.99 Å². The van der Waals surface area contributed by atoms with Crippen LogP contribution in [0.4, 0.5) is 4.79 Å². The van der Waals surface area contributed by atoms with Gasteiger partial charge in [-0.05, 0) is 38.8 Å². The van der Waals surface area contributed by atoms with Gasteiger partial charge in [0.2, 0.25) is 0 Å². The summed E-state index contributed by atoms with van der Waals surface area (Å²) in [5, 5.41) is 6.67. The number of amides is 1. The molecule has 2 N–H and O–H groups in total. The van der Waals surface area contributed by atoms with E-state index in [-0.39, 0.29) is 12.1 Å². The number of guanidine groups is 1. The fourth-order valence-corrected chi connectivity index (χ4v) is 2.70. The third-order valence-electron chi connectivity index (χ3n) is 4.12. The van der Waals surface area contributed by atoms with Crippen molar-refractivity contribution >= 4 is 12.1 Å². The molecule has 0 spiro atoms. The Kier molecular flexibility index (Phi) is 7.47. The fourth-order valence-electron chi connectivity index (χ4n) is 2.70. The van der Waals surface area contributed by atoms with Gasteiger partial charge in [-0.25, -0.2) is 4.79 Å². The summed E-state index contributed by atoms with van der Waals surface area (Å²) < 4.78 is 10.9. The molecule has 0 aliphatic carbocycles. The van der Waals surface area contributed by atoms with E-state index in [0.717, 1.165) is 5.96 Å². The molecule has 0 aromatic heterocycles. The van der Waals surface area contributed by atoms with Crippen LogP contribution in [0.15, 0.2) is 29.3 Å². The van der Waals surface area contributed by atoms with Gasteiger partial charge in [0, 0.05) is 33.3 Å². The molecule has 0 unspecified atom stereocenters. The van der Waals surface area contributed by atoms with Crippen LogP contribution < -0.4 is 10.6 Å². The van der Waals surface area contributed by atoms with Crippen LogP contribution in [0.1, 0.15) is 38.8 Å². The average molecular weight is 377 g/mol. The normalized spacial score (nSPS) is 15.3. The monoisotopic (exact) mass is 376 g/mol. The maximum absolute atomic E-state index is 12.0. The Bertz CT molecular complexity index is 649. The minimum absolute atomic E-state index is 0.169. The minimum atomic E-state index is -0.470. The van der Waals surface area contributed by atoms with Crippen molar-refractivity contribution in [2.75, 3.05) is 26.7 Å². The molecule has 150 valence electrons. The molecule has 1 amide bonds. The summed E-state index contributed by atoms with van der Waals surface area (Å²) in [5.41, 5.74) is 1.88. The Balaban J connectivity index is 1.79. The summed E-state index contributed by atoms with van der Waals surface area (Å²) in [6.45, 7) is 10.8. The molecule has 1 aliphatic heterocycles. The number of benzene rings is 1. The highest BCUT2D eigenvalue weighted by atomic mass is 16.6. The van der Waals surface area contributed by atoms with Crippen molar-refractivity contribution in [3.63, 3.8) is 0 Å². The number of carbonyl (C=O) groups excluding carboxylic acids is 1. The second-order valence-electron chi connectivity index (χ2n) is 7.56. The summed E-state index contributed by atoms with van der Waals surface area (Å²) in [6.07, 6.45) is -0.270. The Labute approximate surface area is 162 Å². The highest BCUT2D eigenvalue weighted by Gasteiger charge is 2.34. The van der Waals surface area contributed by atoms with E-state index in [1.807, 2.05) is 39.8 Å². The number of hydrogen-bond acceptors (Lipinski definition) is 4. The van der Waals surface area contributed by atoms with Gasteiger partial charge in [-0.2, -0.15) is 0 Å². The van der Waals surface area contributed by atoms with Crippen molar-refractivity contribution in [2.24, 2.45) is 4.99 Å². The van der Waals surface area contributed by atoms with Gasteiger partial charge in [-0.15, -0.1) is 0 Å². The van der Waals surface area contributed by atoms with Crippen LogP contribution in [0.25, 0.3) is 0 Å². The first-order chi connectivity index (χ1) is 12.8. The molecule has 1 heterocycles. The second-order valence-corrected chi connectivity index (χ2v) is 7.56. The lowest BCUT2D eigenvalue weighted by atomic mass is 10.1. The number of carbonyl (C=O) groups is 1. The van der Waals surface area contributed by atoms with E-state index in [4.69, 9.17) is 9.47 Å². The molecule has 27 heavy (non-hydrogen) atoms. The number of likely N-dealkylation sites (tertiary alicyclic amines) is 1. The Morgan fingerprint density at radius 3 is 2.52 bits per heavy atom. The Morgan fingerprint density at radius 2 is 1.93 bits per heavy atom. The Hall–Kier alpha value is -2.28. The molecule has 0 radical (unpaired) electrons. The number of ether oxygens (including phenoxy) is 2. The fraction of sp³-hybridized carbons (Fsp3) is 0.600. The zero-order valence-electron chi connectivity index (χ0n) is 17.0. The van der Waals surface area contributed by atoms with E-state index >= 15 is 0 Å². The molecular formula is C20H32N4O3. The van der Waals surface area contributed by atoms with Crippen molar-refractivity contribution in [2.45, 2.75) is 52.5 Å². The lowest BCUT2D eigenvalue weighted by Crippen LogP contribution is -2.63. The highest BCUT2D eigenvalue weighted by molar-refractivity contribution is 5.80. The van der Waals surface area contributed by atoms with Crippen molar-refractivity contribution < 1.29 is 14.3 Å². The van der Waals surface area contributed by atoms with Crippen molar-refractivity contribution in [1.82, 2.24) is 15.5 Å². The van der Waals surface area contributed by atoms with Crippen LogP contribution in [-0.4, -0.2) is 55.3 Å². The van der Waals surface area contributed by atoms with Crippen LogP contribution in [0.5, 0.6) is 0 Å². The first-order valence-corrected chi connectivity index (χ1v) is 9.42. The third kappa shape index (κ3) is 6.75. The maximum atomic E-state index is 12.0. The number of hydrogen-bond donors (Lipinski definition) is 2. The standard InChI is InChI=1S/C20H32N4O3/c1-6-26-14-16-10-8-7-9-15(16)11-22-18(21-5)23-17-12-24(13-17)19(25)27-20(2,3)4/h7-10,17H,6,11-14H2,1-5H3,(H2,21,22,23). The van der Waals surface area contributed by atoms with Crippen LogP contribution in [-0.2, 0) is 22.6 Å². The van der Waals surface area contributed by atoms with E-state index in [1.165, 1.54) is 11.1 Å². The molecular weight excluding hydrogens is 344 g/mol. The number of nitrogens with one attached hydrogen (secondary N) is 2. The van der Waals surface area contributed by atoms with Crippen LogP contribution in [0.3, 0.4) is 0 Å². The smallest absolute Gasteiger partial charge is 0.410 e. The van der Waals surface area contributed by atoms with Gasteiger partial charge in [0.05, 0.1) is 12.6 Å². The zero-order valence-corrected chi connectivity index (χ0v) is 17.0. The quantitative estimate of drug-likeness (QED) is 0.589.